The van der Waals surface area contributed by atoms with Gasteiger partial charge in [-0.15, -0.1) is 0 Å². The van der Waals surface area contributed by atoms with Gasteiger partial charge in [-0.2, -0.15) is 0 Å². The van der Waals surface area contributed by atoms with Crippen molar-refractivity contribution in [2.75, 3.05) is 12.4 Å². The van der Waals surface area contributed by atoms with Crippen molar-refractivity contribution >= 4 is 39.3 Å². The minimum Gasteiger partial charge on any atom is -0.465 e. The Balaban J connectivity index is 3.13. The molecule has 16 heavy (non-hydrogen) atoms. The van der Waals surface area contributed by atoms with Gasteiger partial charge < -0.3 is 4.74 Å². The molecule has 0 amide bonds. The predicted octanol–water partition coefficient (Wildman–Crippen LogP) is 3.09. The molecule has 0 saturated heterocycles. The molecule has 5 heteroatoms. The van der Waals surface area contributed by atoms with Gasteiger partial charge in [-0.1, -0.05) is 33.6 Å². The molecule has 1 aromatic rings. The second-order valence-electron chi connectivity index (χ2n) is 3.02. The van der Waals surface area contributed by atoms with E-state index in [-0.39, 0.29) is 16.4 Å². The Morgan fingerprint density at radius 2 is 2.00 bits per heavy atom. The van der Waals surface area contributed by atoms with Gasteiger partial charge in [0.25, 0.3) is 0 Å². The molecule has 0 bridgehead atoms. The number of Topliss-reactive ketones (excluding diaryl/α,β-unsaturated/α-hetero) is 1. The molecule has 0 heterocycles. The Hall–Kier alpha value is -0.870. The number of alkyl halides is 1. The van der Waals surface area contributed by atoms with Gasteiger partial charge in [-0.05, 0) is 12.1 Å². The smallest absolute Gasteiger partial charge is 0.339 e. The predicted molar refractivity (Wildman–Crippen MR) is 65.5 cm³/mol. The van der Waals surface area contributed by atoms with Crippen molar-refractivity contribution in [1.82, 2.24) is 0 Å². The zero-order valence-corrected chi connectivity index (χ0v) is 11.0. The molecule has 0 aromatic heterocycles. The van der Waals surface area contributed by atoms with Gasteiger partial charge in [-0.25, -0.2) is 4.79 Å². The van der Waals surface area contributed by atoms with E-state index >= 15 is 0 Å². The van der Waals surface area contributed by atoms with E-state index in [1.807, 2.05) is 0 Å². The monoisotopic (exact) mass is 304 g/mol. The number of esters is 1. The fourth-order valence-electron chi connectivity index (χ4n) is 1.24. The topological polar surface area (TPSA) is 43.4 Å². The highest BCUT2D eigenvalue weighted by molar-refractivity contribution is 9.09. The van der Waals surface area contributed by atoms with Crippen LogP contribution in [0.2, 0.25) is 5.02 Å². The van der Waals surface area contributed by atoms with E-state index in [1.165, 1.54) is 13.2 Å². The molecular formula is C11H10BrClO3. The molecule has 0 aliphatic carbocycles. The van der Waals surface area contributed by atoms with Crippen molar-refractivity contribution in [2.45, 2.75) is 6.42 Å². The molecule has 0 saturated carbocycles. The first kappa shape index (κ1) is 13.2. The van der Waals surface area contributed by atoms with Crippen molar-refractivity contribution in [2.24, 2.45) is 0 Å². The standard InChI is InChI=1S/C11H10BrClO3/c1-16-11(15)8-4-2-3-7(10(8)13)9(14)5-6-12/h2-4H,5-6H2,1H3. The van der Waals surface area contributed by atoms with E-state index < -0.39 is 5.97 Å². The first-order valence-electron chi connectivity index (χ1n) is 4.57. The summed E-state index contributed by atoms with van der Waals surface area (Å²) in [6.45, 7) is 0. The van der Waals surface area contributed by atoms with Gasteiger partial charge in [-0.3, -0.25) is 4.79 Å². The summed E-state index contributed by atoms with van der Waals surface area (Å²) in [5.41, 5.74) is 0.564. The first-order chi connectivity index (χ1) is 7.61. The molecule has 1 rings (SSSR count). The molecule has 0 N–H and O–H groups in total. The van der Waals surface area contributed by atoms with Crippen molar-refractivity contribution in [3.05, 3.63) is 34.3 Å². The van der Waals surface area contributed by atoms with Crippen molar-refractivity contribution < 1.29 is 14.3 Å². The van der Waals surface area contributed by atoms with Crippen LogP contribution in [0.4, 0.5) is 0 Å². The van der Waals surface area contributed by atoms with Gasteiger partial charge in [0.1, 0.15) is 0 Å². The Labute approximate surface area is 107 Å². The fraction of sp³-hybridized carbons (Fsp3) is 0.273. The maximum atomic E-state index is 11.7. The summed E-state index contributed by atoms with van der Waals surface area (Å²) in [4.78, 5) is 23.0. The third-order valence-electron chi connectivity index (χ3n) is 2.03. The molecule has 0 aliphatic rings. The molecule has 0 atom stereocenters. The van der Waals surface area contributed by atoms with Crippen LogP contribution in [0.25, 0.3) is 0 Å². The van der Waals surface area contributed by atoms with Gasteiger partial charge in [0.05, 0.1) is 17.7 Å². The average molecular weight is 306 g/mol. The van der Waals surface area contributed by atoms with Crippen molar-refractivity contribution in [3.8, 4) is 0 Å². The maximum absolute atomic E-state index is 11.7. The summed E-state index contributed by atoms with van der Waals surface area (Å²) in [6, 6.07) is 4.73. The second kappa shape index (κ2) is 6.01. The SMILES string of the molecule is COC(=O)c1cccc(C(=O)CCBr)c1Cl. The summed E-state index contributed by atoms with van der Waals surface area (Å²) in [7, 11) is 1.27. The minimum atomic E-state index is -0.543. The van der Waals surface area contributed by atoms with Gasteiger partial charge in [0.15, 0.2) is 5.78 Å². The van der Waals surface area contributed by atoms with E-state index in [0.717, 1.165) is 0 Å². The van der Waals surface area contributed by atoms with Crippen LogP contribution in [-0.2, 0) is 4.74 Å². The van der Waals surface area contributed by atoms with Crippen LogP contribution in [0, 0.1) is 0 Å². The fourth-order valence-corrected chi connectivity index (χ4v) is 1.90. The van der Waals surface area contributed by atoms with Crippen molar-refractivity contribution in [3.63, 3.8) is 0 Å². The zero-order valence-electron chi connectivity index (χ0n) is 8.63. The zero-order chi connectivity index (χ0) is 12.1. The van der Waals surface area contributed by atoms with E-state index in [1.54, 1.807) is 12.1 Å². The van der Waals surface area contributed by atoms with Crippen LogP contribution in [0.5, 0.6) is 0 Å². The summed E-state index contributed by atoms with van der Waals surface area (Å²) in [6.07, 6.45) is 0.338. The van der Waals surface area contributed by atoms with E-state index in [2.05, 4.69) is 20.7 Å². The summed E-state index contributed by atoms with van der Waals surface area (Å²) in [5, 5.41) is 0.713. The Kier molecular flexibility index (Phi) is 4.96. The first-order valence-corrected chi connectivity index (χ1v) is 6.07. The number of benzene rings is 1. The largest absolute Gasteiger partial charge is 0.465 e. The van der Waals surface area contributed by atoms with E-state index in [4.69, 9.17) is 11.6 Å². The summed E-state index contributed by atoms with van der Waals surface area (Å²) < 4.78 is 4.57. The van der Waals surface area contributed by atoms with Crippen LogP contribution < -0.4 is 0 Å². The highest BCUT2D eigenvalue weighted by atomic mass is 79.9. The van der Waals surface area contributed by atoms with Crippen LogP contribution in [0.1, 0.15) is 27.1 Å². The highest BCUT2D eigenvalue weighted by Gasteiger charge is 2.17. The number of halogens is 2. The molecule has 86 valence electrons. The lowest BCUT2D eigenvalue weighted by Crippen LogP contribution is -2.07. The summed E-state index contributed by atoms with van der Waals surface area (Å²) in [5.74, 6) is -0.647. The lowest BCUT2D eigenvalue weighted by atomic mass is 10.1. The Bertz CT molecular complexity index is 418. The number of carbonyl (C=O) groups is 2. The van der Waals surface area contributed by atoms with Crippen LogP contribution in [0.15, 0.2) is 18.2 Å². The molecule has 1 aromatic carbocycles. The quantitative estimate of drug-likeness (QED) is 0.488. The molecule has 0 radical (unpaired) electrons. The van der Waals surface area contributed by atoms with Crippen LogP contribution >= 0.6 is 27.5 Å². The van der Waals surface area contributed by atoms with E-state index in [9.17, 15) is 9.59 Å². The lowest BCUT2D eigenvalue weighted by molar-refractivity contribution is 0.0601. The maximum Gasteiger partial charge on any atom is 0.339 e. The minimum absolute atomic E-state index is 0.104. The number of rotatable bonds is 4. The number of ketones is 1. The number of carbonyl (C=O) groups excluding carboxylic acids is 2. The van der Waals surface area contributed by atoms with Crippen molar-refractivity contribution in [1.29, 1.82) is 0 Å². The molecule has 0 spiro atoms. The number of hydrogen-bond acceptors (Lipinski definition) is 3. The third-order valence-corrected chi connectivity index (χ3v) is 2.83. The molecule has 0 fully saturated rings. The highest BCUT2D eigenvalue weighted by Crippen LogP contribution is 2.23. The van der Waals surface area contributed by atoms with E-state index in [0.29, 0.717) is 17.3 Å². The molecule has 0 unspecified atom stereocenters. The second-order valence-corrected chi connectivity index (χ2v) is 4.19. The normalized spacial score (nSPS) is 9.94. The number of hydrogen-bond donors (Lipinski definition) is 0. The van der Waals surface area contributed by atoms with Gasteiger partial charge >= 0.3 is 5.97 Å². The van der Waals surface area contributed by atoms with Gasteiger partial charge in [0.2, 0.25) is 0 Å². The Morgan fingerprint density at radius 3 is 2.56 bits per heavy atom. The number of ether oxygens (including phenoxy) is 1. The average Bonchev–Trinajstić information content (AvgIpc) is 2.28. The third kappa shape index (κ3) is 2.83. The Morgan fingerprint density at radius 1 is 1.38 bits per heavy atom. The molecular weight excluding hydrogens is 295 g/mol. The van der Waals surface area contributed by atoms with Gasteiger partial charge in [0, 0.05) is 17.3 Å². The van der Waals surface area contributed by atoms with Crippen LogP contribution in [-0.4, -0.2) is 24.2 Å². The summed E-state index contributed by atoms with van der Waals surface area (Å²) >= 11 is 9.15. The lowest BCUT2D eigenvalue weighted by Gasteiger charge is -2.06. The van der Waals surface area contributed by atoms with Crippen LogP contribution in [0.3, 0.4) is 0 Å². The molecule has 0 aliphatic heterocycles. The number of methoxy groups -OCH3 is 1. The molecule has 3 nitrogen and oxygen atoms in total.